The molecule has 0 aromatic heterocycles. The van der Waals surface area contributed by atoms with Crippen molar-refractivity contribution in [3.05, 3.63) is 35.9 Å². The molecule has 20 heavy (non-hydrogen) atoms. The van der Waals surface area contributed by atoms with Crippen molar-refractivity contribution in [1.82, 2.24) is 10.2 Å². The van der Waals surface area contributed by atoms with E-state index in [9.17, 15) is 4.79 Å². The van der Waals surface area contributed by atoms with Crippen LogP contribution in [0.25, 0.3) is 0 Å². The Labute approximate surface area is 121 Å². The highest BCUT2D eigenvalue weighted by Crippen LogP contribution is 2.12. The number of nitrogens with two attached hydrogens (primary N) is 1. The minimum atomic E-state index is -0.00455. The van der Waals surface area contributed by atoms with Crippen molar-refractivity contribution in [2.45, 2.75) is 31.7 Å². The number of carbonyl (C=O) groups is 1. The first-order chi connectivity index (χ1) is 9.75. The molecule has 110 valence electrons. The number of hydrogen-bond donors (Lipinski definition) is 2. The van der Waals surface area contributed by atoms with Gasteiger partial charge in [0.15, 0.2) is 0 Å². The Morgan fingerprint density at radius 2 is 1.95 bits per heavy atom. The summed E-state index contributed by atoms with van der Waals surface area (Å²) in [6.07, 6.45) is 3.92. The highest BCUT2D eigenvalue weighted by molar-refractivity contribution is 5.76. The van der Waals surface area contributed by atoms with E-state index in [2.05, 4.69) is 10.2 Å². The molecule has 0 aliphatic carbocycles. The predicted molar refractivity (Wildman–Crippen MR) is 81.3 cm³/mol. The van der Waals surface area contributed by atoms with Crippen LogP contribution in [-0.4, -0.2) is 37.0 Å². The van der Waals surface area contributed by atoms with E-state index < -0.39 is 0 Å². The summed E-state index contributed by atoms with van der Waals surface area (Å²) >= 11 is 0. The second-order valence-corrected chi connectivity index (χ2v) is 5.45. The molecule has 2 rings (SSSR count). The van der Waals surface area contributed by atoms with Gasteiger partial charge in [-0.1, -0.05) is 30.3 Å². The van der Waals surface area contributed by atoms with Crippen molar-refractivity contribution in [1.29, 1.82) is 0 Å². The van der Waals surface area contributed by atoms with Crippen molar-refractivity contribution < 1.29 is 4.79 Å². The summed E-state index contributed by atoms with van der Waals surface area (Å²) in [6, 6.07) is 10.0. The lowest BCUT2D eigenvalue weighted by molar-refractivity contribution is -0.121. The van der Waals surface area contributed by atoms with Crippen LogP contribution in [0.1, 0.15) is 37.3 Å². The maximum Gasteiger partial charge on any atom is 0.221 e. The van der Waals surface area contributed by atoms with Crippen LogP contribution < -0.4 is 11.1 Å². The van der Waals surface area contributed by atoms with Crippen LogP contribution in [0.3, 0.4) is 0 Å². The lowest BCUT2D eigenvalue weighted by atomic mass is 10.1. The van der Waals surface area contributed by atoms with Gasteiger partial charge in [0.25, 0.3) is 0 Å². The van der Waals surface area contributed by atoms with Gasteiger partial charge in [0.05, 0.1) is 0 Å². The smallest absolute Gasteiger partial charge is 0.221 e. The van der Waals surface area contributed by atoms with Gasteiger partial charge in [-0.2, -0.15) is 0 Å². The molecule has 1 aromatic carbocycles. The second-order valence-electron chi connectivity index (χ2n) is 5.45. The highest BCUT2D eigenvalue weighted by atomic mass is 16.1. The van der Waals surface area contributed by atoms with E-state index in [-0.39, 0.29) is 11.9 Å². The summed E-state index contributed by atoms with van der Waals surface area (Å²) < 4.78 is 0. The van der Waals surface area contributed by atoms with Gasteiger partial charge >= 0.3 is 0 Å². The fourth-order valence-corrected chi connectivity index (χ4v) is 2.59. The molecule has 1 unspecified atom stereocenters. The highest BCUT2D eigenvalue weighted by Gasteiger charge is 2.12. The Morgan fingerprint density at radius 3 is 2.65 bits per heavy atom. The molecule has 3 N–H and O–H groups in total. The van der Waals surface area contributed by atoms with E-state index in [1.165, 1.54) is 12.8 Å². The first-order valence-corrected chi connectivity index (χ1v) is 7.55. The number of rotatable bonds is 7. The average molecular weight is 275 g/mol. The lowest BCUT2D eigenvalue weighted by Crippen LogP contribution is -2.31. The number of amides is 1. The van der Waals surface area contributed by atoms with Crippen LogP contribution in [0.4, 0.5) is 0 Å². The molecule has 0 bridgehead atoms. The maximum absolute atomic E-state index is 11.7. The van der Waals surface area contributed by atoms with E-state index in [1.54, 1.807) is 0 Å². The molecular weight excluding hydrogens is 250 g/mol. The van der Waals surface area contributed by atoms with Gasteiger partial charge in [-0.3, -0.25) is 4.79 Å². The molecule has 4 nitrogen and oxygen atoms in total. The topological polar surface area (TPSA) is 58.4 Å². The molecule has 0 saturated carbocycles. The molecule has 1 heterocycles. The van der Waals surface area contributed by atoms with Gasteiger partial charge in [0.2, 0.25) is 5.91 Å². The zero-order valence-corrected chi connectivity index (χ0v) is 12.1. The van der Waals surface area contributed by atoms with Crippen molar-refractivity contribution in [2.75, 3.05) is 26.2 Å². The average Bonchev–Trinajstić information content (AvgIpc) is 2.99. The number of nitrogens with one attached hydrogen (secondary N) is 1. The van der Waals surface area contributed by atoms with Crippen LogP contribution in [0.2, 0.25) is 0 Å². The molecule has 1 fully saturated rings. The maximum atomic E-state index is 11.7. The quantitative estimate of drug-likeness (QED) is 0.796. The molecule has 1 aliphatic rings. The van der Waals surface area contributed by atoms with Crippen LogP contribution in [0, 0.1) is 0 Å². The second kappa shape index (κ2) is 8.02. The van der Waals surface area contributed by atoms with Gasteiger partial charge in [-0.15, -0.1) is 0 Å². The van der Waals surface area contributed by atoms with Crippen molar-refractivity contribution in [3.8, 4) is 0 Å². The van der Waals surface area contributed by atoms with Gasteiger partial charge in [0, 0.05) is 25.6 Å². The molecule has 4 heteroatoms. The molecule has 0 spiro atoms. The molecule has 1 amide bonds. The fourth-order valence-electron chi connectivity index (χ4n) is 2.59. The van der Waals surface area contributed by atoms with Crippen LogP contribution >= 0.6 is 0 Å². The summed E-state index contributed by atoms with van der Waals surface area (Å²) in [5.41, 5.74) is 7.22. The van der Waals surface area contributed by atoms with Crippen molar-refractivity contribution in [3.63, 3.8) is 0 Å². The molecule has 1 atom stereocenters. The lowest BCUT2D eigenvalue weighted by Gasteiger charge is -2.15. The Kier molecular flexibility index (Phi) is 6.02. The molecule has 0 radical (unpaired) electrons. The normalized spacial score (nSPS) is 17.1. The van der Waals surface area contributed by atoms with Gasteiger partial charge < -0.3 is 16.0 Å². The third kappa shape index (κ3) is 4.94. The standard InChI is InChI=1S/C16H25N3O/c17-15(14-6-2-1-3-7-14)8-10-18-16(20)9-13-19-11-4-5-12-19/h1-3,6-7,15H,4-5,8-13,17H2,(H,18,20). The molecule has 1 saturated heterocycles. The Balaban J connectivity index is 1.59. The van der Waals surface area contributed by atoms with E-state index >= 15 is 0 Å². The summed E-state index contributed by atoms with van der Waals surface area (Å²) in [6.45, 7) is 3.82. The zero-order valence-electron chi connectivity index (χ0n) is 12.1. The molecule has 1 aliphatic heterocycles. The third-order valence-corrected chi connectivity index (χ3v) is 3.86. The van der Waals surface area contributed by atoms with E-state index in [0.717, 1.165) is 31.6 Å². The van der Waals surface area contributed by atoms with E-state index in [1.807, 2.05) is 30.3 Å². The van der Waals surface area contributed by atoms with Crippen LogP contribution in [0.5, 0.6) is 0 Å². The zero-order chi connectivity index (χ0) is 14.2. The van der Waals surface area contributed by atoms with E-state index in [0.29, 0.717) is 13.0 Å². The van der Waals surface area contributed by atoms with Gasteiger partial charge in [0.1, 0.15) is 0 Å². The van der Waals surface area contributed by atoms with Crippen LogP contribution in [0.15, 0.2) is 30.3 Å². The van der Waals surface area contributed by atoms with Crippen molar-refractivity contribution >= 4 is 5.91 Å². The van der Waals surface area contributed by atoms with E-state index in [4.69, 9.17) is 5.73 Å². The summed E-state index contributed by atoms with van der Waals surface area (Å²) in [7, 11) is 0. The van der Waals surface area contributed by atoms with Gasteiger partial charge in [-0.05, 0) is 37.9 Å². The Morgan fingerprint density at radius 1 is 1.25 bits per heavy atom. The SMILES string of the molecule is NC(CCNC(=O)CCN1CCCC1)c1ccccc1. The van der Waals surface area contributed by atoms with Gasteiger partial charge in [-0.25, -0.2) is 0 Å². The van der Waals surface area contributed by atoms with Crippen LogP contribution in [-0.2, 0) is 4.79 Å². The number of benzene rings is 1. The Bertz CT molecular complexity index is 401. The number of carbonyl (C=O) groups excluding carboxylic acids is 1. The molecular formula is C16H25N3O. The number of nitrogens with zero attached hydrogens (tertiary/aromatic N) is 1. The fraction of sp³-hybridized carbons (Fsp3) is 0.562. The minimum Gasteiger partial charge on any atom is -0.356 e. The number of likely N-dealkylation sites (tertiary alicyclic amines) is 1. The Hall–Kier alpha value is -1.39. The largest absolute Gasteiger partial charge is 0.356 e. The third-order valence-electron chi connectivity index (χ3n) is 3.86. The molecule has 1 aromatic rings. The first-order valence-electron chi connectivity index (χ1n) is 7.55. The monoisotopic (exact) mass is 275 g/mol. The first kappa shape index (κ1) is 15.0. The summed E-state index contributed by atoms with van der Waals surface area (Å²) in [5, 5.41) is 2.96. The van der Waals surface area contributed by atoms with Crippen molar-refractivity contribution in [2.24, 2.45) is 5.73 Å². The number of hydrogen-bond acceptors (Lipinski definition) is 3. The summed E-state index contributed by atoms with van der Waals surface area (Å²) in [5.74, 6) is 0.136. The predicted octanol–water partition coefficient (Wildman–Crippen LogP) is 1.68. The summed E-state index contributed by atoms with van der Waals surface area (Å²) in [4.78, 5) is 14.1. The minimum absolute atomic E-state index is 0.00455.